The van der Waals surface area contributed by atoms with Crippen LogP contribution in [0.5, 0.6) is 0 Å². The Morgan fingerprint density at radius 2 is 2.29 bits per heavy atom. The molecule has 1 amide bonds. The normalized spacial score (nSPS) is 20.5. The van der Waals surface area contributed by atoms with Crippen LogP contribution in [0.25, 0.3) is 0 Å². The second-order valence-corrected chi connectivity index (χ2v) is 4.95. The van der Waals surface area contributed by atoms with Gasteiger partial charge in [-0.3, -0.25) is 0 Å². The van der Waals surface area contributed by atoms with Crippen LogP contribution in [0.2, 0.25) is 0 Å². The lowest BCUT2D eigenvalue weighted by Gasteiger charge is -2.22. The van der Waals surface area contributed by atoms with E-state index in [1.54, 1.807) is 6.08 Å². The molecule has 1 N–H and O–H groups in total. The highest BCUT2D eigenvalue weighted by molar-refractivity contribution is 5.68. The molecular formula is C12H21NO4. The largest absolute Gasteiger partial charge is 0.444 e. The number of hydrogen-bond donors (Lipinski definition) is 1. The van der Waals surface area contributed by atoms with E-state index in [4.69, 9.17) is 14.2 Å². The molecule has 1 saturated heterocycles. The molecule has 17 heavy (non-hydrogen) atoms. The first-order valence-electron chi connectivity index (χ1n) is 5.72. The van der Waals surface area contributed by atoms with Crippen LogP contribution in [0.3, 0.4) is 0 Å². The zero-order chi connectivity index (χ0) is 12.9. The summed E-state index contributed by atoms with van der Waals surface area (Å²) >= 11 is 0. The maximum atomic E-state index is 11.6. The zero-order valence-electron chi connectivity index (χ0n) is 10.7. The smallest absolute Gasteiger partial charge is 0.408 e. The summed E-state index contributed by atoms with van der Waals surface area (Å²) in [6.07, 6.45) is 1.26. The van der Waals surface area contributed by atoms with Crippen molar-refractivity contribution in [2.75, 3.05) is 19.8 Å². The molecule has 0 spiro atoms. The second-order valence-electron chi connectivity index (χ2n) is 4.95. The van der Waals surface area contributed by atoms with Crippen LogP contribution in [0.15, 0.2) is 12.7 Å². The molecule has 0 aromatic heterocycles. The first kappa shape index (κ1) is 14.0. The quantitative estimate of drug-likeness (QED) is 0.436. The van der Waals surface area contributed by atoms with Crippen molar-refractivity contribution in [1.82, 2.24) is 5.32 Å². The minimum Gasteiger partial charge on any atom is -0.444 e. The molecule has 0 bridgehead atoms. The number of ether oxygens (including phenoxy) is 3. The Hall–Kier alpha value is -1.07. The van der Waals surface area contributed by atoms with Gasteiger partial charge >= 0.3 is 6.09 Å². The predicted octanol–water partition coefficient (Wildman–Crippen LogP) is 1.48. The molecule has 1 fully saturated rings. The monoisotopic (exact) mass is 243 g/mol. The molecule has 0 aromatic carbocycles. The Bertz CT molecular complexity index is 268. The summed E-state index contributed by atoms with van der Waals surface area (Å²) in [6, 6.07) is -0.162. The van der Waals surface area contributed by atoms with Crippen LogP contribution in [0, 0.1) is 0 Å². The highest BCUT2D eigenvalue weighted by Gasteiger charge is 2.34. The fourth-order valence-electron chi connectivity index (χ4n) is 1.27. The van der Waals surface area contributed by atoms with E-state index in [0.29, 0.717) is 19.8 Å². The van der Waals surface area contributed by atoms with Crippen molar-refractivity contribution in [3.8, 4) is 0 Å². The van der Waals surface area contributed by atoms with Crippen LogP contribution in [0.1, 0.15) is 20.8 Å². The average molecular weight is 243 g/mol. The summed E-state index contributed by atoms with van der Waals surface area (Å²) in [5, 5.41) is 2.75. The second kappa shape index (κ2) is 6.02. The van der Waals surface area contributed by atoms with E-state index in [1.807, 2.05) is 20.8 Å². The van der Waals surface area contributed by atoms with Crippen LogP contribution < -0.4 is 5.32 Å². The van der Waals surface area contributed by atoms with Crippen molar-refractivity contribution in [3.63, 3.8) is 0 Å². The third-order valence-corrected chi connectivity index (χ3v) is 2.04. The van der Waals surface area contributed by atoms with E-state index in [-0.39, 0.29) is 12.1 Å². The van der Waals surface area contributed by atoms with Gasteiger partial charge in [-0.15, -0.1) is 6.58 Å². The summed E-state index contributed by atoms with van der Waals surface area (Å²) in [7, 11) is 0. The molecule has 1 aliphatic rings. The van der Waals surface area contributed by atoms with E-state index in [0.717, 1.165) is 0 Å². The van der Waals surface area contributed by atoms with Gasteiger partial charge in [-0.2, -0.15) is 0 Å². The lowest BCUT2D eigenvalue weighted by Crippen LogP contribution is -2.44. The van der Waals surface area contributed by atoms with Gasteiger partial charge in [0.2, 0.25) is 0 Å². The molecule has 0 aliphatic carbocycles. The molecule has 1 heterocycles. The molecular weight excluding hydrogens is 222 g/mol. The Labute approximate surface area is 102 Å². The fourth-order valence-corrected chi connectivity index (χ4v) is 1.27. The van der Waals surface area contributed by atoms with Crippen molar-refractivity contribution < 1.29 is 19.0 Å². The minimum atomic E-state index is -0.499. The Morgan fingerprint density at radius 3 is 2.76 bits per heavy atom. The molecule has 98 valence electrons. The summed E-state index contributed by atoms with van der Waals surface area (Å²) in [6.45, 7) is 10.5. The van der Waals surface area contributed by atoms with Crippen molar-refractivity contribution in [2.45, 2.75) is 38.5 Å². The standard InChI is InChI=1S/C12H21NO4/c1-5-6-15-7-9(10-8-16-10)13-11(14)17-12(2,3)4/h5,9-10H,1,6-8H2,2-4H3,(H,13,14). The maximum Gasteiger partial charge on any atom is 0.408 e. The Balaban J connectivity index is 2.33. The molecule has 5 heteroatoms. The van der Waals surface area contributed by atoms with E-state index < -0.39 is 11.7 Å². The van der Waals surface area contributed by atoms with Gasteiger partial charge < -0.3 is 19.5 Å². The third-order valence-electron chi connectivity index (χ3n) is 2.04. The van der Waals surface area contributed by atoms with Crippen molar-refractivity contribution >= 4 is 6.09 Å². The number of rotatable bonds is 6. The third kappa shape index (κ3) is 6.28. The molecule has 2 unspecified atom stereocenters. The number of carbonyl (C=O) groups excluding carboxylic acids is 1. The van der Waals surface area contributed by atoms with E-state index in [1.165, 1.54) is 0 Å². The fraction of sp³-hybridized carbons (Fsp3) is 0.750. The van der Waals surface area contributed by atoms with Gasteiger partial charge in [0.15, 0.2) is 0 Å². The zero-order valence-corrected chi connectivity index (χ0v) is 10.7. The topological polar surface area (TPSA) is 60.1 Å². The maximum absolute atomic E-state index is 11.6. The first-order chi connectivity index (χ1) is 7.92. The summed E-state index contributed by atoms with van der Waals surface area (Å²) in [5.41, 5.74) is -0.499. The van der Waals surface area contributed by atoms with E-state index in [2.05, 4.69) is 11.9 Å². The predicted molar refractivity (Wildman–Crippen MR) is 63.9 cm³/mol. The van der Waals surface area contributed by atoms with Gasteiger partial charge in [-0.25, -0.2) is 4.79 Å². The number of nitrogens with one attached hydrogen (secondary N) is 1. The molecule has 0 aromatic rings. The van der Waals surface area contributed by atoms with E-state index >= 15 is 0 Å². The molecule has 1 rings (SSSR count). The number of amides is 1. The summed E-state index contributed by atoms with van der Waals surface area (Å²) in [4.78, 5) is 11.6. The highest BCUT2D eigenvalue weighted by Crippen LogP contribution is 2.15. The van der Waals surface area contributed by atoms with Crippen LogP contribution >= 0.6 is 0 Å². The van der Waals surface area contributed by atoms with Crippen LogP contribution in [0.4, 0.5) is 4.79 Å². The van der Waals surface area contributed by atoms with Crippen molar-refractivity contribution in [2.24, 2.45) is 0 Å². The summed E-state index contributed by atoms with van der Waals surface area (Å²) < 4.78 is 15.6. The van der Waals surface area contributed by atoms with Gasteiger partial charge in [0.25, 0.3) is 0 Å². The Morgan fingerprint density at radius 1 is 1.65 bits per heavy atom. The number of alkyl carbamates (subject to hydrolysis) is 1. The highest BCUT2D eigenvalue weighted by atomic mass is 16.6. The van der Waals surface area contributed by atoms with Gasteiger partial charge in [-0.1, -0.05) is 6.08 Å². The van der Waals surface area contributed by atoms with Gasteiger partial charge in [-0.05, 0) is 20.8 Å². The average Bonchev–Trinajstić information content (AvgIpc) is 2.96. The van der Waals surface area contributed by atoms with Gasteiger partial charge in [0, 0.05) is 0 Å². The minimum absolute atomic E-state index is 0.0346. The Kier molecular flexibility index (Phi) is 4.96. The first-order valence-corrected chi connectivity index (χ1v) is 5.72. The lowest BCUT2D eigenvalue weighted by molar-refractivity contribution is 0.0437. The molecule has 2 atom stereocenters. The lowest BCUT2D eigenvalue weighted by atomic mass is 10.2. The van der Waals surface area contributed by atoms with Gasteiger partial charge in [0.1, 0.15) is 11.7 Å². The SMILES string of the molecule is C=CCOCC(NC(=O)OC(C)(C)C)C1CO1. The molecule has 1 aliphatic heterocycles. The van der Waals surface area contributed by atoms with Crippen molar-refractivity contribution in [1.29, 1.82) is 0 Å². The molecule has 5 nitrogen and oxygen atoms in total. The van der Waals surface area contributed by atoms with Crippen LogP contribution in [-0.2, 0) is 14.2 Å². The van der Waals surface area contributed by atoms with E-state index in [9.17, 15) is 4.79 Å². The van der Waals surface area contributed by atoms with Gasteiger partial charge in [0.05, 0.1) is 25.9 Å². The number of carbonyl (C=O) groups is 1. The van der Waals surface area contributed by atoms with Crippen molar-refractivity contribution in [3.05, 3.63) is 12.7 Å². The molecule has 0 saturated carbocycles. The van der Waals surface area contributed by atoms with Crippen LogP contribution in [-0.4, -0.2) is 43.7 Å². The summed E-state index contributed by atoms with van der Waals surface area (Å²) in [5.74, 6) is 0. The molecule has 0 radical (unpaired) electrons. The number of epoxide rings is 1. The number of hydrogen-bond acceptors (Lipinski definition) is 4.